The Labute approximate surface area is 199 Å². The van der Waals surface area contributed by atoms with Crippen molar-refractivity contribution in [2.75, 3.05) is 19.0 Å². The average molecular weight is 478 g/mol. The molecule has 0 atom stereocenters. The average Bonchev–Trinajstić information content (AvgIpc) is 3.21. The van der Waals surface area contributed by atoms with Gasteiger partial charge in [-0.25, -0.2) is 9.59 Å². The van der Waals surface area contributed by atoms with Crippen LogP contribution in [0, 0.1) is 13.8 Å². The highest BCUT2D eigenvalue weighted by Crippen LogP contribution is 2.38. The fourth-order valence-corrected chi connectivity index (χ4v) is 4.67. The molecule has 0 aliphatic rings. The normalized spacial score (nSPS) is 10.8. The van der Waals surface area contributed by atoms with Gasteiger partial charge in [0, 0.05) is 16.3 Å². The standard InChI is InChI=1S/C26H23NO6S/c1-5-32-26(30)22-20(18-8-6-14(2)10-15(18)3)13-34-24(22)27-23(28)19-12-16-11-17(31-4)7-9-21(16)33-25(19)29/h6-13H,5H2,1-4H3,(H,27,28). The lowest BCUT2D eigenvalue weighted by atomic mass is 9.97. The van der Waals surface area contributed by atoms with Gasteiger partial charge in [-0.05, 0) is 56.2 Å². The largest absolute Gasteiger partial charge is 0.497 e. The zero-order chi connectivity index (χ0) is 24.4. The number of thiophene rings is 1. The van der Waals surface area contributed by atoms with Crippen molar-refractivity contribution in [3.8, 4) is 16.9 Å². The van der Waals surface area contributed by atoms with Crippen LogP contribution in [0.1, 0.15) is 38.8 Å². The van der Waals surface area contributed by atoms with E-state index in [1.165, 1.54) is 24.5 Å². The lowest BCUT2D eigenvalue weighted by Crippen LogP contribution is -2.21. The van der Waals surface area contributed by atoms with E-state index in [9.17, 15) is 14.4 Å². The van der Waals surface area contributed by atoms with Gasteiger partial charge in [0.15, 0.2) is 0 Å². The maximum atomic E-state index is 13.1. The van der Waals surface area contributed by atoms with Gasteiger partial charge in [-0.2, -0.15) is 0 Å². The number of aryl methyl sites for hydroxylation is 2. The van der Waals surface area contributed by atoms with Crippen molar-refractivity contribution in [3.63, 3.8) is 0 Å². The third-order valence-electron chi connectivity index (χ3n) is 5.35. The summed E-state index contributed by atoms with van der Waals surface area (Å²) < 4.78 is 15.8. The first-order valence-electron chi connectivity index (χ1n) is 10.6. The summed E-state index contributed by atoms with van der Waals surface area (Å²) in [6.45, 7) is 5.85. The van der Waals surface area contributed by atoms with Crippen molar-refractivity contribution in [1.29, 1.82) is 0 Å². The zero-order valence-electron chi connectivity index (χ0n) is 19.2. The zero-order valence-corrected chi connectivity index (χ0v) is 20.0. The number of hydrogen-bond donors (Lipinski definition) is 1. The van der Waals surface area contributed by atoms with Gasteiger partial charge in [0.2, 0.25) is 0 Å². The van der Waals surface area contributed by atoms with E-state index in [0.29, 0.717) is 27.3 Å². The van der Waals surface area contributed by atoms with Gasteiger partial charge in [0.25, 0.3) is 5.91 Å². The predicted molar refractivity (Wildman–Crippen MR) is 132 cm³/mol. The molecule has 0 fully saturated rings. The molecule has 0 radical (unpaired) electrons. The van der Waals surface area contributed by atoms with Gasteiger partial charge < -0.3 is 19.2 Å². The van der Waals surface area contributed by atoms with Gasteiger partial charge in [-0.3, -0.25) is 4.79 Å². The van der Waals surface area contributed by atoms with E-state index in [0.717, 1.165) is 16.7 Å². The number of nitrogens with one attached hydrogen (secondary N) is 1. The SMILES string of the molecule is CCOC(=O)c1c(-c2ccc(C)cc2C)csc1NC(=O)c1cc2cc(OC)ccc2oc1=O. The van der Waals surface area contributed by atoms with Crippen LogP contribution >= 0.6 is 11.3 Å². The first-order valence-corrected chi connectivity index (χ1v) is 11.5. The van der Waals surface area contributed by atoms with Crippen LogP contribution in [0.3, 0.4) is 0 Å². The Hall–Kier alpha value is -3.91. The highest BCUT2D eigenvalue weighted by molar-refractivity contribution is 7.15. The molecule has 174 valence electrons. The summed E-state index contributed by atoms with van der Waals surface area (Å²) >= 11 is 1.19. The molecular formula is C26H23NO6S. The second-order valence-electron chi connectivity index (χ2n) is 7.70. The van der Waals surface area contributed by atoms with E-state index in [-0.39, 0.29) is 17.7 Å². The highest BCUT2D eigenvalue weighted by Gasteiger charge is 2.25. The Kier molecular flexibility index (Phi) is 6.51. The Balaban J connectivity index is 1.76. The van der Waals surface area contributed by atoms with Gasteiger partial charge in [-0.1, -0.05) is 23.8 Å². The molecule has 0 saturated carbocycles. The molecule has 1 N–H and O–H groups in total. The van der Waals surface area contributed by atoms with Crippen LogP contribution in [0.2, 0.25) is 0 Å². The number of methoxy groups -OCH3 is 1. The van der Waals surface area contributed by atoms with Crippen molar-refractivity contribution in [3.05, 3.63) is 80.5 Å². The molecular weight excluding hydrogens is 454 g/mol. The quantitative estimate of drug-likeness (QED) is 0.288. The van der Waals surface area contributed by atoms with Crippen molar-refractivity contribution in [2.24, 2.45) is 0 Å². The maximum Gasteiger partial charge on any atom is 0.349 e. The fourth-order valence-electron chi connectivity index (χ4n) is 3.73. The molecule has 0 spiro atoms. The van der Waals surface area contributed by atoms with Crippen LogP contribution < -0.4 is 15.7 Å². The topological polar surface area (TPSA) is 94.8 Å². The lowest BCUT2D eigenvalue weighted by molar-refractivity contribution is 0.0529. The minimum Gasteiger partial charge on any atom is -0.497 e. The summed E-state index contributed by atoms with van der Waals surface area (Å²) in [7, 11) is 1.52. The fraction of sp³-hybridized carbons (Fsp3) is 0.192. The van der Waals surface area contributed by atoms with Crippen molar-refractivity contribution < 1.29 is 23.5 Å². The lowest BCUT2D eigenvalue weighted by Gasteiger charge is -2.11. The molecule has 2 heterocycles. The molecule has 0 aliphatic carbocycles. The van der Waals surface area contributed by atoms with Crippen LogP contribution in [0.15, 0.2) is 57.1 Å². The molecule has 2 aromatic carbocycles. The maximum absolute atomic E-state index is 13.1. The predicted octanol–water partition coefficient (Wildman–Crippen LogP) is 5.58. The summed E-state index contributed by atoms with van der Waals surface area (Å²) in [6, 6.07) is 12.3. The Morgan fingerprint density at radius 3 is 2.56 bits per heavy atom. The van der Waals surface area contributed by atoms with E-state index in [1.807, 2.05) is 32.0 Å². The number of ether oxygens (including phenoxy) is 2. The first-order chi connectivity index (χ1) is 16.3. The molecule has 34 heavy (non-hydrogen) atoms. The molecule has 4 rings (SSSR count). The van der Waals surface area contributed by atoms with E-state index >= 15 is 0 Å². The molecule has 0 bridgehead atoms. The number of fused-ring (bicyclic) bond motifs is 1. The van der Waals surface area contributed by atoms with Crippen molar-refractivity contribution in [2.45, 2.75) is 20.8 Å². The minimum atomic E-state index is -0.779. The van der Waals surface area contributed by atoms with E-state index in [1.54, 1.807) is 30.5 Å². The molecule has 0 unspecified atom stereocenters. The number of amides is 1. The third-order valence-corrected chi connectivity index (χ3v) is 6.25. The van der Waals surface area contributed by atoms with E-state index < -0.39 is 17.5 Å². The van der Waals surface area contributed by atoms with E-state index in [4.69, 9.17) is 13.9 Å². The summed E-state index contributed by atoms with van der Waals surface area (Å²) in [5, 5.41) is 5.34. The number of carbonyl (C=O) groups excluding carboxylic acids is 2. The van der Waals surface area contributed by atoms with Gasteiger partial charge >= 0.3 is 11.6 Å². The van der Waals surface area contributed by atoms with Crippen molar-refractivity contribution in [1.82, 2.24) is 0 Å². The van der Waals surface area contributed by atoms with Crippen LogP contribution in [-0.2, 0) is 4.74 Å². The molecule has 0 aliphatic heterocycles. The number of anilines is 1. The van der Waals surface area contributed by atoms with Crippen LogP contribution in [0.5, 0.6) is 5.75 Å². The first kappa shape index (κ1) is 23.3. The highest BCUT2D eigenvalue weighted by atomic mass is 32.1. The van der Waals surface area contributed by atoms with Crippen LogP contribution in [-0.4, -0.2) is 25.6 Å². The molecule has 0 saturated heterocycles. The second-order valence-corrected chi connectivity index (χ2v) is 8.58. The molecule has 4 aromatic rings. The summed E-state index contributed by atoms with van der Waals surface area (Å²) in [4.78, 5) is 38.4. The van der Waals surface area contributed by atoms with Gasteiger partial charge in [0.05, 0.1) is 13.7 Å². The number of esters is 1. The monoisotopic (exact) mass is 477 g/mol. The molecule has 2 aromatic heterocycles. The van der Waals surface area contributed by atoms with Crippen molar-refractivity contribution >= 4 is 39.2 Å². The Morgan fingerprint density at radius 1 is 1.06 bits per heavy atom. The van der Waals surface area contributed by atoms with Crippen LogP contribution in [0.4, 0.5) is 5.00 Å². The second kappa shape index (κ2) is 9.52. The smallest absolute Gasteiger partial charge is 0.349 e. The van der Waals surface area contributed by atoms with E-state index in [2.05, 4.69) is 5.32 Å². The summed E-state index contributed by atoms with van der Waals surface area (Å²) in [6.07, 6.45) is 0. The minimum absolute atomic E-state index is 0.183. The van der Waals surface area contributed by atoms with Crippen LogP contribution in [0.25, 0.3) is 22.1 Å². The molecule has 7 nitrogen and oxygen atoms in total. The Morgan fingerprint density at radius 2 is 1.85 bits per heavy atom. The number of carbonyl (C=O) groups is 2. The van der Waals surface area contributed by atoms with Gasteiger partial charge in [0.1, 0.15) is 27.5 Å². The summed E-state index contributed by atoms with van der Waals surface area (Å²) in [5.74, 6) is -0.670. The number of benzene rings is 2. The summed E-state index contributed by atoms with van der Waals surface area (Å²) in [5.41, 5.74) is 3.24. The molecule has 1 amide bonds. The number of rotatable bonds is 6. The third kappa shape index (κ3) is 4.45. The Bertz CT molecular complexity index is 1470. The number of hydrogen-bond acceptors (Lipinski definition) is 7. The molecule has 8 heteroatoms. The van der Waals surface area contributed by atoms with Gasteiger partial charge in [-0.15, -0.1) is 11.3 Å².